The van der Waals surface area contributed by atoms with E-state index in [1.165, 1.54) is 11.3 Å². The molecule has 0 saturated carbocycles. The first-order valence-electron chi connectivity index (χ1n) is 6.55. The largest absolute Gasteiger partial charge is 0.466 e. The van der Waals surface area contributed by atoms with Crippen LogP contribution in [-0.4, -0.2) is 21.9 Å². The van der Waals surface area contributed by atoms with E-state index in [0.29, 0.717) is 18.0 Å². The summed E-state index contributed by atoms with van der Waals surface area (Å²) in [5, 5.41) is 11.2. The average Bonchev–Trinajstić information content (AvgIpc) is 3.06. The lowest BCUT2D eigenvalue weighted by Crippen LogP contribution is -2.11. The lowest BCUT2D eigenvalue weighted by Gasteiger charge is -1.99. The molecule has 0 aliphatic carbocycles. The van der Waals surface area contributed by atoms with Crippen LogP contribution < -0.4 is 5.32 Å². The number of nitrogens with one attached hydrogen (secondary N) is 1. The maximum absolute atomic E-state index is 11.8. The Morgan fingerprint density at radius 1 is 1.35 bits per heavy atom. The summed E-state index contributed by atoms with van der Waals surface area (Å²) in [6.07, 6.45) is 1.85. The number of carbonyl (C=O) groups is 1. The molecule has 5 nitrogen and oxygen atoms in total. The summed E-state index contributed by atoms with van der Waals surface area (Å²) in [6, 6.07) is 3.87. The number of anilines is 1. The number of hydrogen-bond donors (Lipinski definition) is 1. The van der Waals surface area contributed by atoms with E-state index in [2.05, 4.69) is 22.4 Å². The van der Waals surface area contributed by atoms with Crippen molar-refractivity contribution in [3.8, 4) is 0 Å². The van der Waals surface area contributed by atoms with E-state index < -0.39 is 0 Å². The highest BCUT2D eigenvalue weighted by Gasteiger charge is 2.09. The van der Waals surface area contributed by atoms with Crippen molar-refractivity contribution in [3.05, 3.63) is 23.7 Å². The van der Waals surface area contributed by atoms with Gasteiger partial charge in [-0.25, -0.2) is 0 Å². The molecule has 2 aromatic heterocycles. The van der Waals surface area contributed by atoms with Crippen molar-refractivity contribution in [1.29, 1.82) is 0 Å². The number of amides is 1. The standard InChI is InChI=1S/C13H17N3O2S2/c1-3-9-5-6-10(18-9)7-8-11(17)14-12-15-16-13(20-12)19-4-2/h5-6H,3-4,7-8H2,1-2H3,(H,14,15,17). The van der Waals surface area contributed by atoms with E-state index in [4.69, 9.17) is 4.42 Å². The van der Waals surface area contributed by atoms with Crippen molar-refractivity contribution in [2.45, 2.75) is 37.4 Å². The zero-order chi connectivity index (χ0) is 14.4. The van der Waals surface area contributed by atoms with Gasteiger partial charge in [0.1, 0.15) is 11.5 Å². The van der Waals surface area contributed by atoms with E-state index in [1.54, 1.807) is 11.8 Å². The summed E-state index contributed by atoms with van der Waals surface area (Å²) in [5.41, 5.74) is 0. The van der Waals surface area contributed by atoms with Crippen molar-refractivity contribution in [1.82, 2.24) is 10.2 Å². The third-order valence-corrected chi connectivity index (χ3v) is 4.44. The molecule has 0 saturated heterocycles. The van der Waals surface area contributed by atoms with Gasteiger partial charge >= 0.3 is 0 Å². The molecular weight excluding hydrogens is 294 g/mol. The first-order chi connectivity index (χ1) is 9.71. The Labute approximate surface area is 126 Å². The molecule has 0 aliphatic heterocycles. The minimum absolute atomic E-state index is 0.0661. The number of rotatable bonds is 7. The smallest absolute Gasteiger partial charge is 0.226 e. The number of carbonyl (C=O) groups excluding carboxylic acids is 1. The van der Waals surface area contributed by atoms with E-state index in [1.807, 2.05) is 19.1 Å². The Hall–Kier alpha value is -1.34. The summed E-state index contributed by atoms with van der Waals surface area (Å²) in [5.74, 6) is 2.67. The van der Waals surface area contributed by atoms with Gasteiger partial charge in [0.25, 0.3) is 0 Å². The minimum atomic E-state index is -0.0661. The summed E-state index contributed by atoms with van der Waals surface area (Å²) in [4.78, 5) is 11.8. The van der Waals surface area contributed by atoms with Gasteiger partial charge in [0.05, 0.1) is 0 Å². The van der Waals surface area contributed by atoms with Crippen molar-refractivity contribution < 1.29 is 9.21 Å². The van der Waals surface area contributed by atoms with Crippen LogP contribution >= 0.6 is 23.1 Å². The SMILES string of the molecule is CCSc1nnc(NC(=O)CCc2ccc(CC)o2)s1. The summed E-state index contributed by atoms with van der Waals surface area (Å²) in [6.45, 7) is 4.09. The van der Waals surface area contributed by atoms with Crippen LogP contribution in [0.3, 0.4) is 0 Å². The summed E-state index contributed by atoms with van der Waals surface area (Å²) >= 11 is 3.02. The maximum atomic E-state index is 11.8. The highest BCUT2D eigenvalue weighted by Crippen LogP contribution is 2.25. The van der Waals surface area contributed by atoms with Crippen molar-refractivity contribution in [2.24, 2.45) is 0 Å². The van der Waals surface area contributed by atoms with Crippen LogP contribution in [0.15, 0.2) is 20.9 Å². The molecule has 7 heteroatoms. The van der Waals surface area contributed by atoms with E-state index >= 15 is 0 Å². The average molecular weight is 311 g/mol. The number of furan rings is 1. The molecule has 0 aromatic carbocycles. The fraction of sp³-hybridized carbons (Fsp3) is 0.462. The Morgan fingerprint density at radius 2 is 2.15 bits per heavy atom. The normalized spacial score (nSPS) is 10.7. The zero-order valence-corrected chi connectivity index (χ0v) is 13.1. The van der Waals surface area contributed by atoms with Gasteiger partial charge in [0, 0.05) is 19.3 Å². The first-order valence-corrected chi connectivity index (χ1v) is 8.35. The van der Waals surface area contributed by atoms with Crippen LogP contribution in [-0.2, 0) is 17.6 Å². The Kier molecular flexibility index (Phi) is 5.60. The van der Waals surface area contributed by atoms with Crippen molar-refractivity contribution in [3.63, 3.8) is 0 Å². The third kappa shape index (κ3) is 4.35. The predicted molar refractivity (Wildman–Crippen MR) is 81.3 cm³/mol. The quantitative estimate of drug-likeness (QED) is 0.627. The Bertz CT molecular complexity index is 565. The monoisotopic (exact) mass is 311 g/mol. The van der Waals surface area contributed by atoms with Gasteiger partial charge in [-0.15, -0.1) is 10.2 Å². The number of aryl methyl sites for hydroxylation is 2. The maximum Gasteiger partial charge on any atom is 0.226 e. The zero-order valence-electron chi connectivity index (χ0n) is 11.5. The number of nitrogens with zero attached hydrogens (tertiary/aromatic N) is 2. The molecule has 20 heavy (non-hydrogen) atoms. The topological polar surface area (TPSA) is 68.0 Å². The van der Waals surface area contributed by atoms with E-state index in [0.717, 1.165) is 28.0 Å². The molecular formula is C13H17N3O2S2. The summed E-state index contributed by atoms with van der Waals surface area (Å²) in [7, 11) is 0. The van der Waals surface area contributed by atoms with E-state index in [9.17, 15) is 4.79 Å². The van der Waals surface area contributed by atoms with Crippen molar-refractivity contribution >= 4 is 34.1 Å². The van der Waals surface area contributed by atoms with Gasteiger partial charge in [0.2, 0.25) is 11.0 Å². The lowest BCUT2D eigenvalue weighted by molar-refractivity contribution is -0.116. The highest BCUT2D eigenvalue weighted by molar-refractivity contribution is 8.01. The van der Waals surface area contributed by atoms with Crippen LogP contribution in [0.4, 0.5) is 5.13 Å². The molecule has 2 aromatic rings. The van der Waals surface area contributed by atoms with Crippen LogP contribution in [0.5, 0.6) is 0 Å². The first kappa shape index (κ1) is 15.1. The molecule has 108 valence electrons. The van der Waals surface area contributed by atoms with Gasteiger partial charge in [-0.3, -0.25) is 4.79 Å². The number of thioether (sulfide) groups is 1. The Morgan fingerprint density at radius 3 is 2.85 bits per heavy atom. The van der Waals surface area contributed by atoms with Crippen LogP contribution in [0, 0.1) is 0 Å². The summed E-state index contributed by atoms with van der Waals surface area (Å²) < 4.78 is 6.44. The molecule has 0 bridgehead atoms. The molecule has 0 atom stereocenters. The second kappa shape index (κ2) is 7.44. The molecule has 0 fully saturated rings. The Balaban J connectivity index is 1.79. The number of hydrogen-bond acceptors (Lipinski definition) is 6. The molecule has 2 rings (SSSR count). The molecule has 0 spiro atoms. The molecule has 1 amide bonds. The minimum Gasteiger partial charge on any atom is -0.466 e. The van der Waals surface area contributed by atoms with Crippen LogP contribution in [0.25, 0.3) is 0 Å². The van der Waals surface area contributed by atoms with Crippen LogP contribution in [0.2, 0.25) is 0 Å². The van der Waals surface area contributed by atoms with E-state index in [-0.39, 0.29) is 5.91 Å². The number of aromatic nitrogens is 2. The van der Waals surface area contributed by atoms with Gasteiger partial charge < -0.3 is 9.73 Å². The molecule has 2 heterocycles. The second-order valence-electron chi connectivity index (χ2n) is 4.08. The van der Waals surface area contributed by atoms with Gasteiger partial charge in [-0.1, -0.05) is 36.9 Å². The second-order valence-corrected chi connectivity index (χ2v) is 6.56. The molecule has 0 unspecified atom stereocenters. The fourth-order valence-electron chi connectivity index (χ4n) is 1.61. The highest BCUT2D eigenvalue weighted by atomic mass is 32.2. The molecule has 0 radical (unpaired) electrons. The van der Waals surface area contributed by atoms with Crippen LogP contribution in [0.1, 0.15) is 31.8 Å². The predicted octanol–water partition coefficient (Wildman–Crippen LogP) is 3.38. The fourth-order valence-corrected chi connectivity index (χ4v) is 3.27. The van der Waals surface area contributed by atoms with Gasteiger partial charge in [0.15, 0.2) is 4.34 Å². The molecule has 0 aliphatic rings. The van der Waals surface area contributed by atoms with Gasteiger partial charge in [-0.2, -0.15) is 0 Å². The third-order valence-electron chi connectivity index (χ3n) is 2.58. The lowest BCUT2D eigenvalue weighted by atomic mass is 10.2. The molecule has 1 N–H and O–H groups in total. The van der Waals surface area contributed by atoms with Crippen molar-refractivity contribution in [2.75, 3.05) is 11.1 Å². The van der Waals surface area contributed by atoms with Gasteiger partial charge in [-0.05, 0) is 17.9 Å².